The molecule has 0 aliphatic carbocycles. The zero-order valence-electron chi connectivity index (χ0n) is 16.1. The van der Waals surface area contributed by atoms with E-state index in [1.807, 2.05) is 6.07 Å². The molecular weight excluding hydrogens is 384 g/mol. The number of carbonyl (C=O) groups is 1. The van der Waals surface area contributed by atoms with E-state index in [1.54, 1.807) is 30.3 Å². The van der Waals surface area contributed by atoms with Gasteiger partial charge >= 0.3 is 0 Å². The number of piperidine rings is 1. The lowest BCUT2D eigenvalue weighted by Crippen LogP contribution is -2.35. The van der Waals surface area contributed by atoms with Crippen LogP contribution in [-0.4, -0.2) is 29.2 Å². The molecule has 3 aromatic rings. The van der Waals surface area contributed by atoms with Crippen molar-refractivity contribution in [3.8, 4) is 0 Å². The van der Waals surface area contributed by atoms with E-state index >= 15 is 0 Å². The first kappa shape index (κ1) is 19.4. The van der Waals surface area contributed by atoms with Crippen molar-refractivity contribution in [1.29, 1.82) is 0 Å². The van der Waals surface area contributed by atoms with Crippen molar-refractivity contribution in [2.75, 3.05) is 23.3 Å². The van der Waals surface area contributed by atoms with Gasteiger partial charge in [-0.05, 0) is 67.1 Å². The Hall–Kier alpha value is -2.92. The van der Waals surface area contributed by atoms with Crippen molar-refractivity contribution < 1.29 is 4.79 Å². The maximum absolute atomic E-state index is 12.3. The normalized spacial score (nSPS) is 14.6. The summed E-state index contributed by atoms with van der Waals surface area (Å²) in [4.78, 5) is 14.6. The standard InChI is InChI=1S/C23H23ClN4O/c24-19-6-8-20(9-7-19)25-23(29)21-10-11-22(27-26-21)28-14-12-18(13-15-28)16-17-4-2-1-3-5-17/h1-11,18H,12-16H2,(H,25,29). The van der Waals surface area contributed by atoms with Crippen LogP contribution in [0.5, 0.6) is 0 Å². The molecule has 1 fully saturated rings. The number of halogens is 1. The molecule has 0 saturated carbocycles. The Morgan fingerprint density at radius 2 is 1.69 bits per heavy atom. The summed E-state index contributed by atoms with van der Waals surface area (Å²) in [6.45, 7) is 1.92. The van der Waals surface area contributed by atoms with E-state index in [-0.39, 0.29) is 5.91 Å². The minimum absolute atomic E-state index is 0.284. The van der Waals surface area contributed by atoms with Crippen molar-refractivity contribution in [1.82, 2.24) is 10.2 Å². The first-order valence-electron chi connectivity index (χ1n) is 9.87. The molecule has 0 radical (unpaired) electrons. The second-order valence-electron chi connectivity index (χ2n) is 7.36. The molecule has 1 saturated heterocycles. The Kier molecular flexibility index (Phi) is 6.06. The van der Waals surface area contributed by atoms with Crippen LogP contribution in [0.2, 0.25) is 5.02 Å². The maximum atomic E-state index is 12.3. The molecule has 1 aliphatic heterocycles. The van der Waals surface area contributed by atoms with Crippen molar-refractivity contribution in [3.05, 3.63) is 83.0 Å². The van der Waals surface area contributed by atoms with E-state index in [4.69, 9.17) is 11.6 Å². The Morgan fingerprint density at radius 3 is 2.34 bits per heavy atom. The van der Waals surface area contributed by atoms with Crippen molar-refractivity contribution in [3.63, 3.8) is 0 Å². The lowest BCUT2D eigenvalue weighted by Gasteiger charge is -2.32. The first-order chi connectivity index (χ1) is 14.2. The monoisotopic (exact) mass is 406 g/mol. The zero-order chi connectivity index (χ0) is 20.1. The smallest absolute Gasteiger partial charge is 0.276 e. The number of aromatic nitrogens is 2. The van der Waals surface area contributed by atoms with Gasteiger partial charge in [-0.3, -0.25) is 4.79 Å². The van der Waals surface area contributed by atoms with Gasteiger partial charge < -0.3 is 10.2 Å². The average molecular weight is 407 g/mol. The molecule has 6 heteroatoms. The third-order valence-electron chi connectivity index (χ3n) is 5.29. The van der Waals surface area contributed by atoms with Crippen LogP contribution in [0, 0.1) is 5.92 Å². The van der Waals surface area contributed by atoms with Gasteiger partial charge in [0.15, 0.2) is 11.5 Å². The highest BCUT2D eigenvalue weighted by molar-refractivity contribution is 6.30. The molecule has 0 unspecified atom stereocenters. The van der Waals surface area contributed by atoms with Crippen LogP contribution in [-0.2, 0) is 6.42 Å². The molecule has 2 heterocycles. The van der Waals surface area contributed by atoms with Crippen molar-refractivity contribution in [2.45, 2.75) is 19.3 Å². The van der Waals surface area contributed by atoms with Crippen LogP contribution >= 0.6 is 11.6 Å². The highest BCUT2D eigenvalue weighted by Gasteiger charge is 2.21. The summed E-state index contributed by atoms with van der Waals surface area (Å²) in [5.74, 6) is 1.24. The lowest BCUT2D eigenvalue weighted by atomic mass is 9.90. The van der Waals surface area contributed by atoms with E-state index in [1.165, 1.54) is 5.56 Å². The number of rotatable bonds is 5. The van der Waals surface area contributed by atoms with Crippen LogP contribution in [0.15, 0.2) is 66.7 Å². The Morgan fingerprint density at radius 1 is 0.966 bits per heavy atom. The van der Waals surface area contributed by atoms with E-state index < -0.39 is 0 Å². The topological polar surface area (TPSA) is 58.1 Å². The fourth-order valence-corrected chi connectivity index (χ4v) is 3.78. The van der Waals surface area contributed by atoms with Crippen LogP contribution in [0.3, 0.4) is 0 Å². The first-order valence-corrected chi connectivity index (χ1v) is 10.2. The van der Waals surface area contributed by atoms with Gasteiger partial charge in [0.2, 0.25) is 0 Å². The zero-order valence-corrected chi connectivity index (χ0v) is 16.8. The van der Waals surface area contributed by atoms with Gasteiger partial charge in [-0.15, -0.1) is 10.2 Å². The molecule has 1 aromatic heterocycles. The molecule has 29 heavy (non-hydrogen) atoms. The fraction of sp³-hybridized carbons (Fsp3) is 0.261. The summed E-state index contributed by atoms with van der Waals surface area (Å²) in [5.41, 5.74) is 2.37. The van der Waals surface area contributed by atoms with Crippen LogP contribution in [0.25, 0.3) is 0 Å². The van der Waals surface area contributed by atoms with Crippen molar-refractivity contribution in [2.24, 2.45) is 5.92 Å². The molecule has 0 spiro atoms. The van der Waals surface area contributed by atoms with Gasteiger partial charge in [0.05, 0.1) is 0 Å². The molecule has 5 nitrogen and oxygen atoms in total. The molecule has 4 rings (SSSR count). The lowest BCUT2D eigenvalue weighted by molar-refractivity contribution is 0.102. The minimum atomic E-state index is -0.284. The summed E-state index contributed by atoms with van der Waals surface area (Å²) in [6, 6.07) is 21.2. The SMILES string of the molecule is O=C(Nc1ccc(Cl)cc1)c1ccc(N2CCC(Cc3ccccc3)CC2)nn1. The number of benzene rings is 2. The van der Waals surface area contributed by atoms with Gasteiger partial charge in [0.25, 0.3) is 5.91 Å². The number of nitrogens with zero attached hydrogens (tertiary/aromatic N) is 3. The molecular formula is C23H23ClN4O. The van der Waals surface area contributed by atoms with Crippen LogP contribution < -0.4 is 10.2 Å². The van der Waals surface area contributed by atoms with Gasteiger partial charge in [0.1, 0.15) is 0 Å². The summed E-state index contributed by atoms with van der Waals surface area (Å²) >= 11 is 5.87. The van der Waals surface area contributed by atoms with E-state index in [9.17, 15) is 4.79 Å². The average Bonchev–Trinajstić information content (AvgIpc) is 2.77. The van der Waals surface area contributed by atoms with Gasteiger partial charge in [-0.25, -0.2) is 0 Å². The van der Waals surface area contributed by atoms with E-state index in [0.717, 1.165) is 38.2 Å². The molecule has 0 bridgehead atoms. The number of carbonyl (C=O) groups excluding carboxylic acids is 1. The molecule has 1 aliphatic rings. The summed E-state index contributed by atoms with van der Waals surface area (Å²) < 4.78 is 0. The highest BCUT2D eigenvalue weighted by atomic mass is 35.5. The minimum Gasteiger partial charge on any atom is -0.355 e. The summed E-state index contributed by atoms with van der Waals surface area (Å²) in [5, 5.41) is 11.8. The van der Waals surface area contributed by atoms with Gasteiger partial charge in [-0.1, -0.05) is 41.9 Å². The van der Waals surface area contributed by atoms with Gasteiger partial charge in [-0.2, -0.15) is 0 Å². The third kappa shape index (κ3) is 5.12. The second-order valence-corrected chi connectivity index (χ2v) is 7.79. The van der Waals surface area contributed by atoms with E-state index in [2.05, 4.69) is 50.7 Å². The molecule has 1 amide bonds. The largest absolute Gasteiger partial charge is 0.355 e. The number of hydrogen-bond acceptors (Lipinski definition) is 4. The molecule has 0 atom stereocenters. The van der Waals surface area contributed by atoms with Crippen LogP contribution in [0.4, 0.5) is 11.5 Å². The number of anilines is 2. The predicted molar refractivity (Wildman–Crippen MR) is 117 cm³/mol. The molecule has 1 N–H and O–H groups in total. The quantitative estimate of drug-likeness (QED) is 0.658. The third-order valence-corrected chi connectivity index (χ3v) is 5.54. The number of nitrogens with one attached hydrogen (secondary N) is 1. The molecule has 2 aromatic carbocycles. The fourth-order valence-electron chi connectivity index (χ4n) is 3.66. The van der Waals surface area contributed by atoms with Crippen molar-refractivity contribution >= 4 is 29.0 Å². The van der Waals surface area contributed by atoms with Gasteiger partial charge in [0, 0.05) is 23.8 Å². The highest BCUT2D eigenvalue weighted by Crippen LogP contribution is 2.24. The second kappa shape index (κ2) is 9.05. The predicted octanol–water partition coefficient (Wildman–Crippen LogP) is 4.84. The number of amides is 1. The maximum Gasteiger partial charge on any atom is 0.276 e. The van der Waals surface area contributed by atoms with E-state index in [0.29, 0.717) is 22.3 Å². The Bertz CT molecular complexity index is 937. The summed E-state index contributed by atoms with van der Waals surface area (Å²) in [7, 11) is 0. The Labute approximate surface area is 175 Å². The molecule has 148 valence electrons. The summed E-state index contributed by atoms with van der Waals surface area (Å²) in [6.07, 6.45) is 3.40. The Balaban J connectivity index is 1.31. The number of hydrogen-bond donors (Lipinski definition) is 1. The van der Waals surface area contributed by atoms with Crippen LogP contribution in [0.1, 0.15) is 28.9 Å².